The molecule has 6 heteroatoms. The van der Waals surface area contributed by atoms with Gasteiger partial charge in [0.1, 0.15) is 0 Å². The molecule has 0 spiro atoms. The van der Waals surface area contributed by atoms with Crippen molar-refractivity contribution in [3.8, 4) is 0 Å². The van der Waals surface area contributed by atoms with Crippen LogP contribution in [-0.2, 0) is 4.79 Å². The Hall–Kier alpha value is -1.30. The molecule has 0 aliphatic heterocycles. The highest BCUT2D eigenvalue weighted by atomic mass is 16.4. The van der Waals surface area contributed by atoms with E-state index in [1.165, 1.54) is 0 Å². The molecular weight excluding hydrogens is 258 g/mol. The fourth-order valence-electron chi connectivity index (χ4n) is 1.79. The molecule has 118 valence electrons. The van der Waals surface area contributed by atoms with Crippen molar-refractivity contribution < 1.29 is 14.7 Å². The maximum absolute atomic E-state index is 12.1. The largest absolute Gasteiger partial charge is 0.481 e. The first kappa shape index (κ1) is 18.7. The first-order valence-electron chi connectivity index (χ1n) is 7.06. The Labute approximate surface area is 122 Å². The number of urea groups is 1. The minimum Gasteiger partial charge on any atom is -0.481 e. The number of unbranched alkanes of at least 4 members (excludes halogenated alkanes) is 1. The lowest BCUT2D eigenvalue weighted by molar-refractivity contribution is -0.137. The van der Waals surface area contributed by atoms with Crippen LogP contribution in [0.1, 0.15) is 40.0 Å². The third-order valence-electron chi connectivity index (χ3n) is 2.91. The van der Waals surface area contributed by atoms with Gasteiger partial charge in [0.2, 0.25) is 0 Å². The standard InChI is InChI=1S/C14H29N3O3/c1-14(2,3)17(11-8-12(18)19)13(20)15-9-6-7-10-16(4)5/h6-11H2,1-5H3,(H,15,20)(H,18,19). The second kappa shape index (κ2) is 8.79. The van der Waals surface area contributed by atoms with Crippen LogP contribution >= 0.6 is 0 Å². The summed E-state index contributed by atoms with van der Waals surface area (Å²) >= 11 is 0. The van der Waals surface area contributed by atoms with Gasteiger partial charge in [0.15, 0.2) is 0 Å². The average molecular weight is 287 g/mol. The molecule has 0 aromatic heterocycles. The van der Waals surface area contributed by atoms with Gasteiger partial charge < -0.3 is 20.2 Å². The molecule has 0 bridgehead atoms. The number of hydrogen-bond donors (Lipinski definition) is 2. The molecule has 0 aliphatic rings. The Morgan fingerprint density at radius 2 is 1.70 bits per heavy atom. The molecule has 0 saturated carbocycles. The number of carbonyl (C=O) groups is 2. The molecule has 0 aromatic carbocycles. The number of nitrogens with zero attached hydrogens (tertiary/aromatic N) is 2. The molecule has 0 aromatic rings. The van der Waals surface area contributed by atoms with E-state index >= 15 is 0 Å². The highest BCUT2D eigenvalue weighted by Gasteiger charge is 2.26. The van der Waals surface area contributed by atoms with Gasteiger partial charge in [-0.2, -0.15) is 0 Å². The highest BCUT2D eigenvalue weighted by molar-refractivity contribution is 5.76. The van der Waals surface area contributed by atoms with Crippen LogP contribution in [0.2, 0.25) is 0 Å². The highest BCUT2D eigenvalue weighted by Crippen LogP contribution is 2.13. The molecule has 0 heterocycles. The summed E-state index contributed by atoms with van der Waals surface area (Å²) in [6.45, 7) is 7.55. The summed E-state index contributed by atoms with van der Waals surface area (Å²) < 4.78 is 0. The quantitative estimate of drug-likeness (QED) is 0.665. The van der Waals surface area contributed by atoms with Gasteiger partial charge in [-0.1, -0.05) is 0 Å². The van der Waals surface area contributed by atoms with Crippen molar-refractivity contribution in [1.29, 1.82) is 0 Å². The summed E-state index contributed by atoms with van der Waals surface area (Å²) in [6, 6.07) is -0.191. The topological polar surface area (TPSA) is 72.9 Å². The third kappa shape index (κ3) is 8.74. The van der Waals surface area contributed by atoms with Gasteiger partial charge in [-0.05, 0) is 54.3 Å². The van der Waals surface area contributed by atoms with Crippen LogP contribution < -0.4 is 5.32 Å². The lowest BCUT2D eigenvalue weighted by Gasteiger charge is -2.35. The number of carbonyl (C=O) groups excluding carboxylic acids is 1. The SMILES string of the molecule is CN(C)CCCCNC(=O)N(CCC(=O)O)C(C)(C)C. The van der Waals surface area contributed by atoms with Gasteiger partial charge in [0, 0.05) is 18.6 Å². The third-order valence-corrected chi connectivity index (χ3v) is 2.91. The Bertz CT molecular complexity index is 311. The van der Waals surface area contributed by atoms with Crippen molar-refractivity contribution in [2.24, 2.45) is 0 Å². The monoisotopic (exact) mass is 287 g/mol. The predicted molar refractivity (Wildman–Crippen MR) is 79.9 cm³/mol. The van der Waals surface area contributed by atoms with E-state index in [4.69, 9.17) is 5.11 Å². The van der Waals surface area contributed by atoms with Crippen molar-refractivity contribution in [2.45, 2.75) is 45.6 Å². The lowest BCUT2D eigenvalue weighted by Crippen LogP contribution is -2.51. The van der Waals surface area contributed by atoms with E-state index < -0.39 is 5.97 Å². The number of carboxylic acids is 1. The van der Waals surface area contributed by atoms with Crippen LogP contribution in [0, 0.1) is 0 Å². The predicted octanol–water partition coefficient (Wildman–Crippen LogP) is 1.61. The first-order valence-corrected chi connectivity index (χ1v) is 7.06. The summed E-state index contributed by atoms with van der Waals surface area (Å²) in [7, 11) is 4.04. The zero-order chi connectivity index (χ0) is 15.8. The fourth-order valence-corrected chi connectivity index (χ4v) is 1.79. The van der Waals surface area contributed by atoms with E-state index in [1.807, 2.05) is 34.9 Å². The molecule has 0 unspecified atom stereocenters. The number of hydrogen-bond acceptors (Lipinski definition) is 3. The number of amides is 2. The second-order valence-electron chi connectivity index (χ2n) is 6.21. The molecule has 0 atom stereocenters. The smallest absolute Gasteiger partial charge is 0.317 e. The first-order chi connectivity index (χ1) is 9.14. The van der Waals surface area contributed by atoms with E-state index in [0.717, 1.165) is 19.4 Å². The summed E-state index contributed by atoms with van der Waals surface area (Å²) in [4.78, 5) is 26.4. The van der Waals surface area contributed by atoms with Crippen molar-refractivity contribution in [3.05, 3.63) is 0 Å². The zero-order valence-electron chi connectivity index (χ0n) is 13.4. The summed E-state index contributed by atoms with van der Waals surface area (Å²) in [5.74, 6) is -0.891. The van der Waals surface area contributed by atoms with E-state index in [0.29, 0.717) is 6.54 Å². The maximum Gasteiger partial charge on any atom is 0.317 e. The van der Waals surface area contributed by atoms with Crippen molar-refractivity contribution in [2.75, 3.05) is 33.7 Å². The van der Waals surface area contributed by atoms with E-state index in [-0.39, 0.29) is 24.5 Å². The molecule has 2 N–H and O–H groups in total. The van der Waals surface area contributed by atoms with Crippen LogP contribution in [0.5, 0.6) is 0 Å². The van der Waals surface area contributed by atoms with E-state index in [1.54, 1.807) is 4.90 Å². The molecular formula is C14H29N3O3. The molecule has 0 fully saturated rings. The lowest BCUT2D eigenvalue weighted by atomic mass is 10.1. The second-order valence-corrected chi connectivity index (χ2v) is 6.21. The number of nitrogens with one attached hydrogen (secondary N) is 1. The molecule has 0 saturated heterocycles. The van der Waals surface area contributed by atoms with Gasteiger partial charge in [0.25, 0.3) is 0 Å². The van der Waals surface area contributed by atoms with Gasteiger partial charge in [-0.15, -0.1) is 0 Å². The summed E-state index contributed by atoms with van der Waals surface area (Å²) in [5, 5.41) is 11.6. The number of aliphatic carboxylic acids is 1. The summed E-state index contributed by atoms with van der Waals surface area (Å²) in [5.41, 5.74) is -0.386. The minimum absolute atomic E-state index is 0.0364. The molecule has 0 rings (SSSR count). The van der Waals surface area contributed by atoms with E-state index in [2.05, 4.69) is 10.2 Å². The van der Waals surface area contributed by atoms with Crippen LogP contribution in [0.3, 0.4) is 0 Å². The van der Waals surface area contributed by atoms with Crippen LogP contribution in [-0.4, -0.2) is 66.2 Å². The van der Waals surface area contributed by atoms with Gasteiger partial charge >= 0.3 is 12.0 Å². The Balaban J connectivity index is 4.18. The molecule has 0 aliphatic carbocycles. The molecule has 20 heavy (non-hydrogen) atoms. The average Bonchev–Trinajstić information content (AvgIpc) is 2.25. The van der Waals surface area contributed by atoms with E-state index in [9.17, 15) is 9.59 Å². The van der Waals surface area contributed by atoms with Crippen molar-refractivity contribution >= 4 is 12.0 Å². The zero-order valence-corrected chi connectivity index (χ0v) is 13.4. The van der Waals surface area contributed by atoms with Gasteiger partial charge in [0.05, 0.1) is 6.42 Å². The fraction of sp³-hybridized carbons (Fsp3) is 0.857. The molecule has 2 amide bonds. The molecule has 0 radical (unpaired) electrons. The Morgan fingerprint density at radius 1 is 1.10 bits per heavy atom. The normalized spacial score (nSPS) is 11.5. The van der Waals surface area contributed by atoms with Crippen LogP contribution in [0.4, 0.5) is 4.79 Å². The Morgan fingerprint density at radius 3 is 2.15 bits per heavy atom. The van der Waals surface area contributed by atoms with Crippen LogP contribution in [0.25, 0.3) is 0 Å². The minimum atomic E-state index is -0.891. The number of carboxylic acid groups (broad SMARTS) is 1. The van der Waals surface area contributed by atoms with Gasteiger partial charge in [-0.25, -0.2) is 4.79 Å². The van der Waals surface area contributed by atoms with Crippen LogP contribution in [0.15, 0.2) is 0 Å². The van der Waals surface area contributed by atoms with Gasteiger partial charge in [-0.3, -0.25) is 4.79 Å². The maximum atomic E-state index is 12.1. The van der Waals surface area contributed by atoms with Crippen molar-refractivity contribution in [3.63, 3.8) is 0 Å². The van der Waals surface area contributed by atoms with Crippen molar-refractivity contribution in [1.82, 2.24) is 15.1 Å². The number of rotatable bonds is 8. The molecule has 6 nitrogen and oxygen atoms in total. The summed E-state index contributed by atoms with van der Waals surface area (Å²) in [6.07, 6.45) is 1.91. The Kier molecular flexibility index (Phi) is 8.22.